The summed E-state index contributed by atoms with van der Waals surface area (Å²) in [6, 6.07) is 0.182. The van der Waals surface area contributed by atoms with Gasteiger partial charge in [0.1, 0.15) is 5.69 Å². The third kappa shape index (κ3) is 2.10. The van der Waals surface area contributed by atoms with Gasteiger partial charge in [0.05, 0.1) is 13.3 Å². The van der Waals surface area contributed by atoms with E-state index in [9.17, 15) is 4.79 Å². The van der Waals surface area contributed by atoms with Crippen molar-refractivity contribution < 1.29 is 9.53 Å². The third-order valence-corrected chi connectivity index (χ3v) is 2.91. The van der Waals surface area contributed by atoms with Crippen molar-refractivity contribution >= 4 is 5.78 Å². The van der Waals surface area contributed by atoms with Crippen LogP contribution in [0, 0.1) is 5.92 Å². The molecule has 0 aromatic carbocycles. The number of carbonyl (C=O) groups is 1. The number of ketones is 1. The summed E-state index contributed by atoms with van der Waals surface area (Å²) < 4.78 is 6.95. The molecule has 0 amide bonds. The Bertz CT molecular complexity index is 392. The predicted octanol–water partition coefficient (Wildman–Crippen LogP) is 2.46. The maximum absolute atomic E-state index is 12.1. The smallest absolute Gasteiger partial charge is 0.184 e. The zero-order valence-corrected chi connectivity index (χ0v) is 10.1. The molecule has 0 saturated heterocycles. The van der Waals surface area contributed by atoms with Crippen molar-refractivity contribution in [3.63, 3.8) is 0 Å². The third-order valence-electron chi connectivity index (χ3n) is 2.91. The Balaban J connectivity index is 2.27. The van der Waals surface area contributed by atoms with Crippen LogP contribution in [-0.2, 0) is 0 Å². The van der Waals surface area contributed by atoms with Gasteiger partial charge >= 0.3 is 0 Å². The van der Waals surface area contributed by atoms with E-state index >= 15 is 0 Å². The van der Waals surface area contributed by atoms with Crippen molar-refractivity contribution in [2.24, 2.45) is 5.92 Å². The first kappa shape index (κ1) is 11.2. The molecule has 1 aromatic heterocycles. The van der Waals surface area contributed by atoms with Crippen LogP contribution in [-0.4, -0.2) is 22.7 Å². The van der Waals surface area contributed by atoms with Crippen LogP contribution in [0.5, 0.6) is 5.75 Å². The number of hydrogen-bond acceptors (Lipinski definition) is 3. The molecule has 0 spiro atoms. The van der Waals surface area contributed by atoms with E-state index in [-0.39, 0.29) is 11.8 Å². The van der Waals surface area contributed by atoms with E-state index in [1.165, 1.54) is 12.8 Å². The van der Waals surface area contributed by atoms with Crippen LogP contribution < -0.4 is 4.74 Å². The van der Waals surface area contributed by atoms with Crippen LogP contribution in [0.2, 0.25) is 0 Å². The minimum absolute atomic E-state index is 0.158. The van der Waals surface area contributed by atoms with Crippen LogP contribution in [0.25, 0.3) is 0 Å². The summed E-state index contributed by atoms with van der Waals surface area (Å²) in [4.78, 5) is 12.1. The van der Waals surface area contributed by atoms with Gasteiger partial charge in [0, 0.05) is 12.5 Å². The molecule has 1 saturated carbocycles. The summed E-state index contributed by atoms with van der Waals surface area (Å²) in [7, 11) is 1.58. The van der Waals surface area contributed by atoms with E-state index in [2.05, 4.69) is 5.10 Å². The van der Waals surface area contributed by atoms with Crippen molar-refractivity contribution in [3.8, 4) is 5.75 Å². The van der Waals surface area contributed by atoms with Gasteiger partial charge in [-0.1, -0.05) is 0 Å². The van der Waals surface area contributed by atoms with Gasteiger partial charge in [-0.3, -0.25) is 9.48 Å². The maximum Gasteiger partial charge on any atom is 0.184 e. The Morgan fingerprint density at radius 3 is 2.81 bits per heavy atom. The SMILES string of the molecule is COc1cnn(C(C)C)c1C(=O)CC1CC1. The number of ether oxygens (including phenoxy) is 1. The fraction of sp³-hybridized carbons (Fsp3) is 0.667. The van der Waals surface area contributed by atoms with Crippen LogP contribution in [0.15, 0.2) is 6.20 Å². The molecule has 0 aliphatic heterocycles. The van der Waals surface area contributed by atoms with Crippen LogP contribution >= 0.6 is 0 Å². The molecule has 0 atom stereocenters. The van der Waals surface area contributed by atoms with E-state index in [4.69, 9.17) is 4.74 Å². The molecule has 1 aliphatic carbocycles. The molecule has 4 heteroatoms. The first-order valence-electron chi connectivity index (χ1n) is 5.78. The molecule has 88 valence electrons. The van der Waals surface area contributed by atoms with Gasteiger partial charge < -0.3 is 4.74 Å². The van der Waals surface area contributed by atoms with E-state index in [1.807, 2.05) is 13.8 Å². The standard InChI is InChI=1S/C12H18N2O2/c1-8(2)14-12(11(16-3)7-13-14)10(15)6-9-4-5-9/h7-9H,4-6H2,1-3H3. The zero-order chi connectivity index (χ0) is 11.7. The molecule has 2 rings (SSSR count). The number of carbonyl (C=O) groups excluding carboxylic acids is 1. The number of hydrogen-bond donors (Lipinski definition) is 0. The Morgan fingerprint density at radius 2 is 2.31 bits per heavy atom. The lowest BCUT2D eigenvalue weighted by atomic mass is 10.1. The Morgan fingerprint density at radius 1 is 1.62 bits per heavy atom. The minimum atomic E-state index is 0.158. The molecule has 1 fully saturated rings. The Labute approximate surface area is 95.6 Å². The van der Waals surface area contributed by atoms with Crippen molar-refractivity contribution in [2.75, 3.05) is 7.11 Å². The van der Waals surface area contributed by atoms with Gasteiger partial charge in [0.15, 0.2) is 11.5 Å². The summed E-state index contributed by atoms with van der Waals surface area (Å²) in [5, 5.41) is 4.21. The summed E-state index contributed by atoms with van der Waals surface area (Å²) in [6.45, 7) is 4.03. The van der Waals surface area contributed by atoms with Crippen molar-refractivity contribution in [1.82, 2.24) is 9.78 Å². The number of rotatable bonds is 5. The molecule has 1 aliphatic rings. The highest BCUT2D eigenvalue weighted by Gasteiger charge is 2.28. The lowest BCUT2D eigenvalue weighted by Gasteiger charge is -2.10. The molecular formula is C12H18N2O2. The second-order valence-corrected chi connectivity index (χ2v) is 4.67. The van der Waals surface area contributed by atoms with Crippen LogP contribution in [0.3, 0.4) is 0 Å². The summed E-state index contributed by atoms with van der Waals surface area (Å²) >= 11 is 0. The van der Waals surface area contributed by atoms with Gasteiger partial charge in [0.2, 0.25) is 0 Å². The fourth-order valence-corrected chi connectivity index (χ4v) is 1.83. The highest BCUT2D eigenvalue weighted by Crippen LogP contribution is 2.35. The lowest BCUT2D eigenvalue weighted by molar-refractivity contribution is 0.0960. The van der Waals surface area contributed by atoms with Gasteiger partial charge in [-0.2, -0.15) is 5.10 Å². The van der Waals surface area contributed by atoms with Gasteiger partial charge in [-0.25, -0.2) is 0 Å². The summed E-state index contributed by atoms with van der Waals surface area (Å²) in [6.07, 6.45) is 4.63. The predicted molar refractivity (Wildman–Crippen MR) is 60.8 cm³/mol. The summed E-state index contributed by atoms with van der Waals surface area (Å²) in [5.74, 6) is 1.35. The van der Waals surface area contributed by atoms with Crippen LogP contribution in [0.4, 0.5) is 0 Å². The van der Waals surface area contributed by atoms with Gasteiger partial charge in [-0.05, 0) is 32.6 Å². The lowest BCUT2D eigenvalue weighted by Crippen LogP contribution is -2.13. The average molecular weight is 222 g/mol. The number of methoxy groups -OCH3 is 1. The molecule has 1 aromatic rings. The minimum Gasteiger partial charge on any atom is -0.493 e. The van der Waals surface area contributed by atoms with Gasteiger partial charge in [0.25, 0.3) is 0 Å². The zero-order valence-electron chi connectivity index (χ0n) is 10.1. The van der Waals surface area contributed by atoms with E-state index in [1.54, 1.807) is 18.0 Å². The second-order valence-electron chi connectivity index (χ2n) is 4.67. The number of aromatic nitrogens is 2. The largest absolute Gasteiger partial charge is 0.493 e. The molecule has 1 heterocycles. The Kier molecular flexibility index (Phi) is 2.99. The average Bonchev–Trinajstić information content (AvgIpc) is 2.94. The fourth-order valence-electron chi connectivity index (χ4n) is 1.83. The molecular weight excluding hydrogens is 204 g/mol. The number of nitrogens with zero attached hydrogens (tertiary/aromatic N) is 2. The number of Topliss-reactive ketones (excluding diaryl/α,β-unsaturated/α-hetero) is 1. The van der Waals surface area contributed by atoms with Gasteiger partial charge in [-0.15, -0.1) is 0 Å². The molecule has 16 heavy (non-hydrogen) atoms. The van der Waals surface area contributed by atoms with E-state index < -0.39 is 0 Å². The molecule has 0 N–H and O–H groups in total. The quantitative estimate of drug-likeness (QED) is 0.719. The molecule has 0 bridgehead atoms. The van der Waals surface area contributed by atoms with E-state index in [0.29, 0.717) is 23.8 Å². The summed E-state index contributed by atoms with van der Waals surface area (Å²) in [5.41, 5.74) is 0.629. The van der Waals surface area contributed by atoms with Crippen LogP contribution in [0.1, 0.15) is 49.6 Å². The second kappa shape index (κ2) is 4.28. The molecule has 0 unspecified atom stereocenters. The van der Waals surface area contributed by atoms with Crippen molar-refractivity contribution in [2.45, 2.75) is 39.2 Å². The monoisotopic (exact) mass is 222 g/mol. The maximum atomic E-state index is 12.1. The highest BCUT2D eigenvalue weighted by molar-refractivity contribution is 5.97. The topological polar surface area (TPSA) is 44.1 Å². The normalized spacial score (nSPS) is 15.5. The molecule has 4 nitrogen and oxygen atoms in total. The first-order valence-corrected chi connectivity index (χ1v) is 5.78. The van der Waals surface area contributed by atoms with E-state index in [0.717, 1.165) is 0 Å². The highest BCUT2D eigenvalue weighted by atomic mass is 16.5. The van der Waals surface area contributed by atoms with Crippen molar-refractivity contribution in [3.05, 3.63) is 11.9 Å². The molecule has 0 radical (unpaired) electrons. The Hall–Kier alpha value is -1.32. The first-order chi connectivity index (χ1) is 7.63. The van der Waals surface area contributed by atoms with Crippen molar-refractivity contribution in [1.29, 1.82) is 0 Å².